The Morgan fingerprint density at radius 2 is 1.83 bits per heavy atom. The van der Waals surface area contributed by atoms with Gasteiger partial charge in [0.1, 0.15) is 23.2 Å². The Kier molecular flexibility index (Phi) is 7.51. The van der Waals surface area contributed by atoms with Crippen molar-refractivity contribution >= 4 is 28.8 Å². The minimum Gasteiger partial charge on any atom is -0.382 e. The summed E-state index contributed by atoms with van der Waals surface area (Å²) in [6.07, 6.45) is 7.55. The number of hydrogen-bond donors (Lipinski definition) is 2. The summed E-state index contributed by atoms with van der Waals surface area (Å²) in [6, 6.07) is 11.5. The Morgan fingerprint density at radius 3 is 2.56 bits per heavy atom. The van der Waals surface area contributed by atoms with Crippen LogP contribution < -0.4 is 16.6 Å². The molecule has 246 valence electrons. The van der Waals surface area contributed by atoms with Gasteiger partial charge in [-0.25, -0.2) is 18.9 Å². The summed E-state index contributed by atoms with van der Waals surface area (Å²) in [5.74, 6) is -0.151. The number of fused-ring (bicyclic) bond motifs is 2. The number of carbonyl (C=O) groups excluding carboxylic acids is 2. The number of benzene rings is 1. The third-order valence-electron chi connectivity index (χ3n) is 9.83. The maximum Gasteiger partial charge on any atom is 0.286 e. The summed E-state index contributed by atoms with van der Waals surface area (Å²) in [5, 5.41) is 7.17. The zero-order valence-electron chi connectivity index (χ0n) is 26.1. The van der Waals surface area contributed by atoms with Gasteiger partial charge in [-0.3, -0.25) is 19.1 Å². The van der Waals surface area contributed by atoms with Gasteiger partial charge in [0.05, 0.1) is 25.5 Å². The molecule has 4 aromatic heterocycles. The molecule has 3 N–H and O–H groups in total. The number of ether oxygens (including phenoxy) is 1. The molecular formula is C34H34FN9O4. The normalized spacial score (nSPS) is 16.9. The fourth-order valence-electron chi connectivity index (χ4n) is 7.13. The predicted molar refractivity (Wildman–Crippen MR) is 174 cm³/mol. The molecule has 2 fully saturated rings. The molecule has 0 atom stereocenters. The van der Waals surface area contributed by atoms with E-state index >= 15 is 4.39 Å². The highest BCUT2D eigenvalue weighted by atomic mass is 19.1. The second-order valence-corrected chi connectivity index (χ2v) is 12.6. The number of aromatic nitrogens is 6. The number of nitrogen functional groups attached to an aromatic ring is 1. The van der Waals surface area contributed by atoms with Crippen LogP contribution in [0.15, 0.2) is 59.8 Å². The number of piperidine rings is 1. The van der Waals surface area contributed by atoms with E-state index in [1.165, 1.54) is 17.1 Å². The van der Waals surface area contributed by atoms with Crippen LogP contribution in [-0.4, -0.2) is 65.4 Å². The maximum absolute atomic E-state index is 15.9. The van der Waals surface area contributed by atoms with Crippen molar-refractivity contribution in [1.82, 2.24) is 33.8 Å². The summed E-state index contributed by atoms with van der Waals surface area (Å²) in [7, 11) is 0. The molecule has 0 spiro atoms. The van der Waals surface area contributed by atoms with E-state index in [1.54, 1.807) is 45.7 Å². The number of nitrogens with one attached hydrogen (secondary N) is 1. The average molecular weight is 652 g/mol. The first-order valence-electron chi connectivity index (χ1n) is 16.2. The minimum absolute atomic E-state index is 0.0779. The molecule has 14 heteroatoms. The first-order chi connectivity index (χ1) is 23.4. The molecule has 5 aromatic rings. The molecule has 8 rings (SSSR count). The molecule has 1 aromatic carbocycles. The SMILES string of the molecule is Nc1ncnn2c(C3CCN(C(=O)C4CCC4)CC3)cc(-c3ccc(NC(=O)c4c5n(n(-c6ccccn6)c4=O)CCOC5)cc3F)c12. The number of pyridine rings is 1. The first-order valence-corrected chi connectivity index (χ1v) is 16.2. The summed E-state index contributed by atoms with van der Waals surface area (Å²) in [6.45, 7) is 2.16. The van der Waals surface area contributed by atoms with Crippen molar-refractivity contribution in [3.63, 3.8) is 0 Å². The van der Waals surface area contributed by atoms with E-state index in [4.69, 9.17) is 10.5 Å². The van der Waals surface area contributed by atoms with Crippen molar-refractivity contribution in [2.24, 2.45) is 5.92 Å². The van der Waals surface area contributed by atoms with Crippen LogP contribution in [0.5, 0.6) is 0 Å². The molecule has 13 nitrogen and oxygen atoms in total. The predicted octanol–water partition coefficient (Wildman–Crippen LogP) is 3.75. The van der Waals surface area contributed by atoms with Crippen molar-refractivity contribution in [3.05, 3.63) is 88.1 Å². The Bertz CT molecular complexity index is 2110. The summed E-state index contributed by atoms with van der Waals surface area (Å²) in [4.78, 5) is 50.3. The van der Waals surface area contributed by atoms with Gasteiger partial charge in [0.25, 0.3) is 11.5 Å². The molecule has 1 saturated carbocycles. The van der Waals surface area contributed by atoms with Crippen molar-refractivity contribution in [3.8, 4) is 16.9 Å². The lowest BCUT2D eigenvalue weighted by atomic mass is 9.83. The summed E-state index contributed by atoms with van der Waals surface area (Å²) >= 11 is 0. The molecule has 1 aliphatic carbocycles. The highest BCUT2D eigenvalue weighted by molar-refractivity contribution is 6.05. The van der Waals surface area contributed by atoms with Crippen LogP contribution in [0, 0.1) is 11.7 Å². The highest BCUT2D eigenvalue weighted by Gasteiger charge is 2.34. The Morgan fingerprint density at radius 1 is 1.00 bits per heavy atom. The third-order valence-corrected chi connectivity index (χ3v) is 9.83. The number of nitrogens with two attached hydrogens (primary N) is 1. The number of rotatable bonds is 6. The van der Waals surface area contributed by atoms with E-state index in [-0.39, 0.29) is 47.0 Å². The van der Waals surface area contributed by atoms with Gasteiger partial charge in [0.15, 0.2) is 11.6 Å². The fraction of sp³-hybridized carbons (Fsp3) is 0.353. The monoisotopic (exact) mass is 651 g/mol. The number of nitrogens with zero attached hydrogens (tertiary/aromatic N) is 7. The maximum atomic E-state index is 15.9. The molecule has 6 heterocycles. The molecule has 2 amide bonds. The molecule has 3 aliphatic rings. The van der Waals surface area contributed by atoms with Crippen molar-refractivity contribution in [1.29, 1.82) is 0 Å². The highest BCUT2D eigenvalue weighted by Crippen LogP contribution is 2.39. The lowest BCUT2D eigenvalue weighted by Gasteiger charge is -2.36. The average Bonchev–Trinajstić information content (AvgIpc) is 3.60. The molecular weight excluding hydrogens is 617 g/mol. The smallest absolute Gasteiger partial charge is 0.286 e. The van der Waals surface area contributed by atoms with Crippen LogP contribution in [0.2, 0.25) is 0 Å². The number of hydrogen-bond acceptors (Lipinski definition) is 8. The van der Waals surface area contributed by atoms with Crippen molar-refractivity contribution in [2.45, 2.75) is 51.2 Å². The van der Waals surface area contributed by atoms with E-state index in [0.29, 0.717) is 48.8 Å². The minimum atomic E-state index is -0.674. The van der Waals surface area contributed by atoms with E-state index in [0.717, 1.165) is 37.8 Å². The van der Waals surface area contributed by atoms with Crippen LogP contribution in [0.1, 0.15) is 59.8 Å². The molecule has 0 radical (unpaired) electrons. The zero-order valence-corrected chi connectivity index (χ0v) is 26.1. The van der Waals surface area contributed by atoms with Crippen LogP contribution in [0.3, 0.4) is 0 Å². The van der Waals surface area contributed by atoms with Gasteiger partial charge in [-0.2, -0.15) is 9.78 Å². The van der Waals surface area contributed by atoms with Crippen molar-refractivity contribution in [2.75, 3.05) is 30.7 Å². The number of halogens is 1. The Balaban J connectivity index is 1.07. The number of anilines is 2. The Hall–Kier alpha value is -5.37. The van der Waals surface area contributed by atoms with E-state index in [9.17, 15) is 14.4 Å². The second kappa shape index (κ2) is 12.0. The van der Waals surface area contributed by atoms with Gasteiger partial charge in [-0.1, -0.05) is 12.5 Å². The van der Waals surface area contributed by atoms with Gasteiger partial charge in [-0.05, 0) is 62.1 Å². The van der Waals surface area contributed by atoms with Gasteiger partial charge in [0.2, 0.25) is 5.91 Å². The van der Waals surface area contributed by atoms with Crippen LogP contribution >= 0.6 is 0 Å². The quantitative estimate of drug-likeness (QED) is 0.281. The molecule has 0 unspecified atom stereocenters. The topological polar surface area (TPSA) is 155 Å². The number of likely N-dealkylation sites (tertiary alicyclic amines) is 1. The molecule has 0 bridgehead atoms. The van der Waals surface area contributed by atoms with Gasteiger partial charge >= 0.3 is 0 Å². The summed E-state index contributed by atoms with van der Waals surface area (Å²) < 4.78 is 26.3. The standard InChI is InChI=1S/C34H34FN9O4/c35-25-16-22(40-32(45)29-27-18-48-15-14-42(27)44(34(29)47)28-6-1-2-11-37-28)7-8-23(25)24-17-26(43-30(24)31(36)38-19-39-43)20-9-12-41(13-10-20)33(46)21-4-3-5-21/h1-2,6-8,11,16-17,19-21H,3-5,9-10,12-15,18H2,(H,40,45)(H2,36,38,39). The van der Waals surface area contributed by atoms with E-state index < -0.39 is 17.3 Å². The largest absolute Gasteiger partial charge is 0.382 e. The molecule has 2 aliphatic heterocycles. The lowest BCUT2D eigenvalue weighted by molar-refractivity contribution is -0.139. The van der Waals surface area contributed by atoms with Crippen LogP contribution in [-0.2, 0) is 22.7 Å². The van der Waals surface area contributed by atoms with E-state index in [1.807, 2.05) is 11.0 Å². The third kappa shape index (κ3) is 5.03. The Labute approximate surface area is 274 Å². The lowest BCUT2D eigenvalue weighted by Crippen LogP contribution is -2.43. The van der Waals surface area contributed by atoms with Gasteiger partial charge in [-0.15, -0.1) is 0 Å². The number of amides is 2. The van der Waals surface area contributed by atoms with Crippen LogP contribution in [0.25, 0.3) is 22.5 Å². The second-order valence-electron chi connectivity index (χ2n) is 12.6. The zero-order chi connectivity index (χ0) is 32.9. The number of carbonyl (C=O) groups is 2. The van der Waals surface area contributed by atoms with Crippen molar-refractivity contribution < 1.29 is 18.7 Å². The van der Waals surface area contributed by atoms with E-state index in [2.05, 4.69) is 20.4 Å². The summed E-state index contributed by atoms with van der Waals surface area (Å²) in [5.41, 5.74) is 8.48. The fourth-order valence-corrected chi connectivity index (χ4v) is 7.13. The first kappa shape index (κ1) is 30.0. The van der Waals surface area contributed by atoms with Gasteiger partial charge < -0.3 is 20.7 Å². The molecule has 48 heavy (non-hydrogen) atoms. The van der Waals surface area contributed by atoms with Gasteiger partial charge in [0, 0.05) is 53.6 Å². The van der Waals surface area contributed by atoms with Crippen LogP contribution in [0.4, 0.5) is 15.9 Å². The molecule has 1 saturated heterocycles.